The van der Waals surface area contributed by atoms with E-state index < -0.39 is 22.2 Å². The standard InChI is InChI=1S/C33H42ClN3O5S/c1-4-8-26(5-2)35-43(40,41)36-32(39)23-11-15-31-29(18-23)37(19-24-10-13-27(24)30(38)6-3)20-33(21-42-31)16-7-9-22-17-25(34)12-14-28(22)33/h4,6,11-12,14-15,17-18,24,26-27,30,35,38H,1,3,5,7-10,13,16,19-21H2,2H3,(H,36,39)/t24-,26?,27+,30?,33-/m0/s1. The summed E-state index contributed by atoms with van der Waals surface area (Å²) in [6.45, 7) is 11.1. The number of amides is 1. The zero-order chi connectivity index (χ0) is 30.8. The molecule has 8 nitrogen and oxygen atoms in total. The van der Waals surface area contributed by atoms with Crippen LogP contribution >= 0.6 is 11.6 Å². The second-order valence-electron chi connectivity index (χ2n) is 12.2. The van der Waals surface area contributed by atoms with Gasteiger partial charge in [-0.3, -0.25) is 4.79 Å². The van der Waals surface area contributed by atoms with Gasteiger partial charge in [-0.2, -0.15) is 13.1 Å². The summed E-state index contributed by atoms with van der Waals surface area (Å²) in [4.78, 5) is 15.5. The van der Waals surface area contributed by atoms with Gasteiger partial charge in [-0.05, 0) is 98.2 Å². The number of nitrogens with zero attached hydrogens (tertiary/aromatic N) is 1. The van der Waals surface area contributed by atoms with E-state index in [0.29, 0.717) is 38.3 Å². The monoisotopic (exact) mass is 627 g/mol. The lowest BCUT2D eigenvalue weighted by Gasteiger charge is -2.45. The van der Waals surface area contributed by atoms with E-state index in [1.165, 1.54) is 11.1 Å². The van der Waals surface area contributed by atoms with Crippen LogP contribution in [0.3, 0.4) is 0 Å². The first kappa shape index (κ1) is 31.6. The Labute approximate surface area is 260 Å². The van der Waals surface area contributed by atoms with E-state index in [1.54, 1.807) is 30.4 Å². The van der Waals surface area contributed by atoms with Crippen molar-refractivity contribution in [3.05, 3.63) is 83.4 Å². The molecule has 1 spiro atoms. The molecule has 0 aromatic heterocycles. The van der Waals surface area contributed by atoms with Gasteiger partial charge in [0.25, 0.3) is 5.91 Å². The maximum Gasteiger partial charge on any atom is 0.301 e. The Balaban J connectivity index is 1.47. The Kier molecular flexibility index (Phi) is 9.56. The van der Waals surface area contributed by atoms with Crippen molar-refractivity contribution in [2.24, 2.45) is 11.8 Å². The fourth-order valence-corrected chi connectivity index (χ4v) is 8.23. The molecule has 1 heterocycles. The highest BCUT2D eigenvalue weighted by molar-refractivity contribution is 7.88. The summed E-state index contributed by atoms with van der Waals surface area (Å²) in [5.74, 6) is 0.280. The summed E-state index contributed by atoms with van der Waals surface area (Å²) < 4.78 is 36.8. The van der Waals surface area contributed by atoms with Crippen LogP contribution < -0.4 is 19.1 Å². The van der Waals surface area contributed by atoms with Crippen LogP contribution in [0.4, 0.5) is 5.69 Å². The van der Waals surface area contributed by atoms with Gasteiger partial charge in [-0.1, -0.05) is 36.7 Å². The van der Waals surface area contributed by atoms with Gasteiger partial charge >= 0.3 is 10.2 Å². The number of aryl methyl sites for hydroxylation is 1. The van der Waals surface area contributed by atoms with Crippen LogP contribution in [0.2, 0.25) is 5.02 Å². The van der Waals surface area contributed by atoms with Crippen molar-refractivity contribution in [1.82, 2.24) is 9.44 Å². The van der Waals surface area contributed by atoms with Crippen molar-refractivity contribution in [3.8, 4) is 5.75 Å². The lowest BCUT2D eigenvalue weighted by atomic mass is 9.68. The smallest absolute Gasteiger partial charge is 0.301 e. The lowest BCUT2D eigenvalue weighted by molar-refractivity contribution is 0.0460. The molecule has 232 valence electrons. The Morgan fingerprint density at radius 3 is 2.77 bits per heavy atom. The van der Waals surface area contributed by atoms with Crippen LogP contribution in [0.25, 0.3) is 0 Å². The largest absolute Gasteiger partial charge is 0.490 e. The number of aliphatic hydroxyl groups excluding tert-OH is 1. The molecule has 5 atom stereocenters. The molecule has 5 rings (SSSR count). The van der Waals surface area contributed by atoms with Gasteiger partial charge in [0.1, 0.15) is 5.75 Å². The predicted octanol–water partition coefficient (Wildman–Crippen LogP) is 5.31. The third-order valence-electron chi connectivity index (χ3n) is 9.40. The van der Waals surface area contributed by atoms with Crippen LogP contribution in [-0.2, 0) is 22.0 Å². The second kappa shape index (κ2) is 13.0. The molecule has 3 aliphatic rings. The molecule has 2 unspecified atom stereocenters. The number of carbonyl (C=O) groups excluding carboxylic acids is 1. The summed E-state index contributed by atoms with van der Waals surface area (Å²) in [5, 5.41) is 11.3. The van der Waals surface area contributed by atoms with E-state index in [4.69, 9.17) is 16.3 Å². The van der Waals surface area contributed by atoms with Crippen molar-refractivity contribution in [3.63, 3.8) is 0 Å². The Hall–Kier alpha value is -2.85. The minimum atomic E-state index is -4.09. The number of anilines is 1. The normalized spacial score (nSPS) is 24.4. The van der Waals surface area contributed by atoms with Crippen LogP contribution in [0, 0.1) is 11.8 Å². The first-order valence-corrected chi connectivity index (χ1v) is 17.0. The van der Waals surface area contributed by atoms with Crippen LogP contribution in [-0.4, -0.2) is 51.3 Å². The van der Waals surface area contributed by atoms with Crippen LogP contribution in [0.1, 0.15) is 66.9 Å². The number of ether oxygens (including phenoxy) is 1. The molecule has 10 heteroatoms. The van der Waals surface area contributed by atoms with Gasteiger partial charge in [-0.25, -0.2) is 4.72 Å². The van der Waals surface area contributed by atoms with Gasteiger partial charge in [-0.15, -0.1) is 13.2 Å². The molecule has 0 radical (unpaired) electrons. The minimum Gasteiger partial charge on any atom is -0.490 e. The summed E-state index contributed by atoms with van der Waals surface area (Å²) in [6, 6.07) is 10.8. The van der Waals surface area contributed by atoms with E-state index in [0.717, 1.165) is 42.8 Å². The highest BCUT2D eigenvalue weighted by atomic mass is 35.5. The Morgan fingerprint density at radius 2 is 2.07 bits per heavy atom. The van der Waals surface area contributed by atoms with Gasteiger partial charge in [0.2, 0.25) is 0 Å². The number of hydrogen-bond acceptors (Lipinski definition) is 6. The maximum atomic E-state index is 13.3. The maximum absolute atomic E-state index is 13.3. The number of aliphatic hydroxyl groups is 1. The molecule has 0 saturated heterocycles. The van der Waals surface area contributed by atoms with E-state index in [1.807, 2.05) is 13.0 Å². The van der Waals surface area contributed by atoms with E-state index in [2.05, 4.69) is 39.6 Å². The quantitative estimate of drug-likeness (QED) is 0.292. The van der Waals surface area contributed by atoms with E-state index >= 15 is 0 Å². The number of hydrogen-bond donors (Lipinski definition) is 3. The van der Waals surface area contributed by atoms with E-state index in [9.17, 15) is 18.3 Å². The summed E-state index contributed by atoms with van der Waals surface area (Å²) in [5.41, 5.74) is 3.14. The van der Waals surface area contributed by atoms with Gasteiger partial charge in [0, 0.05) is 35.1 Å². The highest BCUT2D eigenvalue weighted by Crippen LogP contribution is 2.46. The fourth-order valence-electron chi connectivity index (χ4n) is 6.91. The molecule has 1 aliphatic heterocycles. The molecule has 2 aromatic rings. The molecule has 1 fully saturated rings. The first-order chi connectivity index (χ1) is 20.6. The molecule has 3 N–H and O–H groups in total. The molecule has 1 amide bonds. The number of benzene rings is 2. The summed E-state index contributed by atoms with van der Waals surface area (Å²) >= 11 is 6.37. The second-order valence-corrected chi connectivity index (χ2v) is 14.1. The van der Waals surface area contributed by atoms with Gasteiger partial charge in [0.05, 0.1) is 18.4 Å². The summed E-state index contributed by atoms with van der Waals surface area (Å²) in [7, 11) is -4.09. The molecular formula is C33H42ClN3O5S. The zero-order valence-electron chi connectivity index (χ0n) is 24.7. The van der Waals surface area contributed by atoms with Crippen LogP contribution in [0.5, 0.6) is 5.75 Å². The molecule has 2 aromatic carbocycles. The predicted molar refractivity (Wildman–Crippen MR) is 171 cm³/mol. The zero-order valence-corrected chi connectivity index (χ0v) is 26.3. The lowest BCUT2D eigenvalue weighted by Crippen LogP contribution is -2.49. The molecular weight excluding hydrogens is 586 g/mol. The minimum absolute atomic E-state index is 0.114. The molecule has 1 saturated carbocycles. The van der Waals surface area contributed by atoms with E-state index in [-0.39, 0.29) is 28.9 Å². The average molecular weight is 628 g/mol. The van der Waals surface area contributed by atoms with Crippen LogP contribution in [0.15, 0.2) is 61.7 Å². The third kappa shape index (κ3) is 6.80. The van der Waals surface area contributed by atoms with Crippen molar-refractivity contribution in [2.75, 3.05) is 24.6 Å². The first-order valence-electron chi connectivity index (χ1n) is 15.1. The van der Waals surface area contributed by atoms with Crippen molar-refractivity contribution >= 4 is 33.4 Å². The van der Waals surface area contributed by atoms with Crippen molar-refractivity contribution in [2.45, 2.75) is 69.4 Å². The Morgan fingerprint density at radius 1 is 1.26 bits per heavy atom. The number of nitrogens with one attached hydrogen (secondary N) is 2. The molecule has 43 heavy (non-hydrogen) atoms. The number of carbonyl (C=O) groups is 1. The number of halogens is 1. The molecule has 2 aliphatic carbocycles. The van der Waals surface area contributed by atoms with Gasteiger partial charge < -0.3 is 14.7 Å². The number of fused-ring (bicyclic) bond motifs is 3. The fraction of sp³-hybridized carbons (Fsp3) is 0.485. The molecule has 0 bridgehead atoms. The SMILES string of the molecule is C=CCC(CC)NS(=O)(=O)NC(=O)c1ccc2c(c1)N(C[C@@H]1CC[C@H]1C(O)C=C)C[C@@]1(CCCc3cc(Cl)ccc31)CO2. The van der Waals surface area contributed by atoms with Gasteiger partial charge in [0.15, 0.2) is 0 Å². The van der Waals surface area contributed by atoms with Crippen molar-refractivity contribution in [1.29, 1.82) is 0 Å². The topological polar surface area (TPSA) is 108 Å². The average Bonchev–Trinajstić information content (AvgIpc) is 3.11. The highest BCUT2D eigenvalue weighted by Gasteiger charge is 2.44. The number of rotatable bonds is 11. The third-order valence-corrected chi connectivity index (χ3v) is 10.7. The Bertz CT molecular complexity index is 1480. The van der Waals surface area contributed by atoms with Crippen molar-refractivity contribution < 1.29 is 23.1 Å². The summed E-state index contributed by atoms with van der Waals surface area (Å²) in [6.07, 6.45) is 8.51.